The third kappa shape index (κ3) is 4.63. The molecule has 1 aromatic heterocycles. The van der Waals surface area contributed by atoms with Gasteiger partial charge >= 0.3 is 0 Å². The highest BCUT2D eigenvalue weighted by Gasteiger charge is 2.29. The summed E-state index contributed by atoms with van der Waals surface area (Å²) in [7, 11) is -1.79. The molecule has 0 saturated carbocycles. The predicted molar refractivity (Wildman–Crippen MR) is 74.4 cm³/mol. The lowest BCUT2D eigenvalue weighted by atomic mass is 10.2. The lowest BCUT2D eigenvalue weighted by molar-refractivity contribution is 0.00729. The lowest BCUT2D eigenvalue weighted by Gasteiger charge is -2.27. The average molecular weight is 289 g/mol. The largest absolute Gasteiger partial charge is 0.469 e. The van der Waals surface area contributed by atoms with Crippen LogP contribution in [-0.4, -0.2) is 37.7 Å². The summed E-state index contributed by atoms with van der Waals surface area (Å²) in [5.41, 5.74) is 0.188. The smallest absolute Gasteiger partial charge is 0.216 e. The lowest BCUT2D eigenvalue weighted by Crippen LogP contribution is -2.40. The summed E-state index contributed by atoms with van der Waals surface area (Å²) >= 11 is 0. The highest BCUT2D eigenvalue weighted by atomic mass is 32.2. The minimum absolute atomic E-state index is 0.0404. The molecule has 6 heteroatoms. The molecule has 1 heterocycles. The zero-order valence-electron chi connectivity index (χ0n) is 12.3. The monoisotopic (exact) mass is 289 g/mol. The summed E-state index contributed by atoms with van der Waals surface area (Å²) in [4.78, 5) is 0. The molecule has 0 aliphatic heterocycles. The molecule has 0 aliphatic rings. The number of hydrogen-bond donors (Lipinski definition) is 0. The Bertz CT molecular complexity index is 504. The van der Waals surface area contributed by atoms with Gasteiger partial charge in [-0.3, -0.25) is 0 Å². The van der Waals surface area contributed by atoms with Crippen LogP contribution in [0.4, 0.5) is 0 Å². The Hall–Kier alpha value is -0.850. The molecule has 19 heavy (non-hydrogen) atoms. The number of ether oxygens (including phenoxy) is 1. The average Bonchev–Trinajstić information content (AvgIpc) is 2.62. The molecule has 1 aromatic rings. The number of aryl methyl sites for hydroxylation is 1. The molecule has 0 spiro atoms. The van der Waals surface area contributed by atoms with E-state index in [1.54, 1.807) is 33.2 Å². The van der Waals surface area contributed by atoms with Crippen LogP contribution in [-0.2, 0) is 21.3 Å². The van der Waals surface area contributed by atoms with Crippen molar-refractivity contribution in [3.8, 4) is 0 Å². The van der Waals surface area contributed by atoms with E-state index in [2.05, 4.69) is 0 Å². The molecule has 110 valence electrons. The summed E-state index contributed by atoms with van der Waals surface area (Å²) < 4.78 is 36.5. The van der Waals surface area contributed by atoms with E-state index >= 15 is 0 Å². The number of hydrogen-bond acceptors (Lipinski definition) is 4. The Morgan fingerprint density at radius 2 is 2.05 bits per heavy atom. The van der Waals surface area contributed by atoms with Crippen LogP contribution in [0.25, 0.3) is 0 Å². The Labute approximate surface area is 115 Å². The van der Waals surface area contributed by atoms with Crippen LogP contribution in [0.5, 0.6) is 0 Å². The topological polar surface area (TPSA) is 59.8 Å². The zero-order valence-corrected chi connectivity index (χ0v) is 13.1. The normalized spacial score (nSPS) is 13.2. The van der Waals surface area contributed by atoms with Crippen molar-refractivity contribution in [1.82, 2.24) is 4.31 Å². The highest BCUT2D eigenvalue weighted by Crippen LogP contribution is 2.18. The number of rotatable bonds is 7. The fraction of sp³-hybridized carbons (Fsp3) is 0.692. The van der Waals surface area contributed by atoms with Gasteiger partial charge in [0.25, 0.3) is 0 Å². The molecule has 0 N–H and O–H groups in total. The Morgan fingerprint density at radius 1 is 1.42 bits per heavy atom. The van der Waals surface area contributed by atoms with Gasteiger partial charge in [0.05, 0.1) is 17.6 Å². The fourth-order valence-electron chi connectivity index (χ4n) is 1.90. The summed E-state index contributed by atoms with van der Waals surface area (Å²) in [5, 5.41) is 0. The van der Waals surface area contributed by atoms with Crippen molar-refractivity contribution < 1.29 is 17.6 Å². The highest BCUT2D eigenvalue weighted by molar-refractivity contribution is 7.89. The minimum Gasteiger partial charge on any atom is -0.469 e. The van der Waals surface area contributed by atoms with Crippen molar-refractivity contribution >= 4 is 10.0 Å². The quantitative estimate of drug-likeness (QED) is 0.772. The summed E-state index contributed by atoms with van der Waals surface area (Å²) in [6, 6.07) is 1.79. The number of furan rings is 1. The van der Waals surface area contributed by atoms with Crippen LogP contribution in [0.3, 0.4) is 0 Å². The minimum atomic E-state index is -3.37. The van der Waals surface area contributed by atoms with Gasteiger partial charge in [0, 0.05) is 25.8 Å². The van der Waals surface area contributed by atoms with Gasteiger partial charge in [-0.1, -0.05) is 0 Å². The molecular formula is C13H23NO4S. The molecular weight excluding hydrogens is 266 g/mol. The van der Waals surface area contributed by atoms with E-state index in [0.29, 0.717) is 13.2 Å². The fourth-order valence-corrected chi connectivity index (χ4v) is 3.41. The summed E-state index contributed by atoms with van der Waals surface area (Å²) in [5.74, 6) is 0.701. The van der Waals surface area contributed by atoms with E-state index in [4.69, 9.17) is 9.15 Å². The van der Waals surface area contributed by atoms with E-state index in [0.717, 1.165) is 11.3 Å². The second kappa shape index (κ2) is 6.07. The van der Waals surface area contributed by atoms with Gasteiger partial charge in [-0.05, 0) is 33.8 Å². The molecule has 0 aromatic carbocycles. The molecule has 0 aliphatic carbocycles. The maximum Gasteiger partial charge on any atom is 0.216 e. The maximum atomic E-state index is 12.3. The molecule has 0 saturated heterocycles. The molecule has 1 rings (SSSR count). The Balaban J connectivity index is 2.75. The van der Waals surface area contributed by atoms with E-state index in [1.165, 1.54) is 4.31 Å². The van der Waals surface area contributed by atoms with E-state index in [1.807, 2.05) is 13.8 Å². The predicted octanol–water partition coefficient (Wildman–Crippen LogP) is 2.16. The van der Waals surface area contributed by atoms with Gasteiger partial charge in [-0.15, -0.1) is 0 Å². The first-order chi connectivity index (χ1) is 8.68. The Kier molecular flexibility index (Phi) is 5.18. The second-order valence-corrected chi connectivity index (χ2v) is 7.28. The molecule has 0 atom stereocenters. The van der Waals surface area contributed by atoms with E-state index in [-0.39, 0.29) is 5.75 Å². The molecule has 0 unspecified atom stereocenters. The maximum absolute atomic E-state index is 12.3. The van der Waals surface area contributed by atoms with Crippen molar-refractivity contribution in [2.24, 2.45) is 0 Å². The molecule has 0 radical (unpaired) electrons. The van der Waals surface area contributed by atoms with Gasteiger partial charge in [-0.25, -0.2) is 12.7 Å². The van der Waals surface area contributed by atoms with Crippen LogP contribution in [0.1, 0.15) is 32.1 Å². The summed E-state index contributed by atoms with van der Waals surface area (Å²) in [6.45, 7) is 8.04. The first-order valence-corrected chi connectivity index (χ1v) is 7.90. The van der Waals surface area contributed by atoms with E-state index in [9.17, 15) is 8.42 Å². The standard InChI is InChI=1S/C13H23NO4S/c1-6-18-13(3,4)10-19(15,16)14(5)9-12-7-8-17-11(12)2/h7-8H,6,9-10H2,1-5H3. The third-order valence-corrected chi connectivity index (χ3v) is 5.04. The van der Waals surface area contributed by atoms with Crippen molar-refractivity contribution in [3.05, 3.63) is 23.7 Å². The van der Waals surface area contributed by atoms with Crippen LogP contribution in [0.15, 0.2) is 16.7 Å². The van der Waals surface area contributed by atoms with Crippen molar-refractivity contribution in [2.45, 2.75) is 39.8 Å². The Morgan fingerprint density at radius 3 is 2.53 bits per heavy atom. The van der Waals surface area contributed by atoms with Gasteiger partial charge in [-0.2, -0.15) is 0 Å². The van der Waals surface area contributed by atoms with Crippen molar-refractivity contribution in [3.63, 3.8) is 0 Å². The van der Waals surface area contributed by atoms with Gasteiger partial charge in [0.2, 0.25) is 10.0 Å². The second-order valence-electron chi connectivity index (χ2n) is 5.21. The van der Waals surface area contributed by atoms with Gasteiger partial charge in [0.1, 0.15) is 5.76 Å². The molecule has 0 fully saturated rings. The van der Waals surface area contributed by atoms with Crippen molar-refractivity contribution in [2.75, 3.05) is 19.4 Å². The number of sulfonamides is 1. The number of nitrogens with zero attached hydrogens (tertiary/aromatic N) is 1. The molecule has 0 amide bonds. The van der Waals surface area contributed by atoms with Crippen LogP contribution < -0.4 is 0 Å². The SMILES string of the molecule is CCOC(C)(C)CS(=O)(=O)N(C)Cc1ccoc1C. The van der Waals surface area contributed by atoms with Gasteiger partial charge < -0.3 is 9.15 Å². The zero-order chi connectivity index (χ0) is 14.7. The first-order valence-electron chi connectivity index (χ1n) is 6.29. The molecule has 0 bridgehead atoms. The third-order valence-electron chi connectivity index (χ3n) is 2.90. The van der Waals surface area contributed by atoms with E-state index < -0.39 is 15.6 Å². The van der Waals surface area contributed by atoms with Crippen LogP contribution in [0.2, 0.25) is 0 Å². The van der Waals surface area contributed by atoms with Crippen LogP contribution in [0, 0.1) is 6.92 Å². The summed E-state index contributed by atoms with van der Waals surface area (Å²) in [6.07, 6.45) is 1.56. The van der Waals surface area contributed by atoms with Crippen LogP contribution >= 0.6 is 0 Å². The molecule has 5 nitrogen and oxygen atoms in total. The first kappa shape index (κ1) is 16.2. The van der Waals surface area contributed by atoms with Gasteiger partial charge in [0.15, 0.2) is 0 Å². The van der Waals surface area contributed by atoms with Crippen molar-refractivity contribution in [1.29, 1.82) is 0 Å².